The number of benzene rings is 2. The van der Waals surface area contributed by atoms with E-state index in [1.54, 1.807) is 12.1 Å². The predicted molar refractivity (Wildman–Crippen MR) is 82.2 cm³/mol. The zero-order valence-electron chi connectivity index (χ0n) is 10.9. The Morgan fingerprint density at radius 1 is 0.900 bits per heavy atom. The maximum Gasteiger partial charge on any atom is 0.212 e. The van der Waals surface area contributed by atoms with Crippen molar-refractivity contribution in [3.05, 3.63) is 70.7 Å². The van der Waals surface area contributed by atoms with Gasteiger partial charge in [0, 0.05) is 11.6 Å². The highest BCUT2D eigenvalue weighted by Crippen LogP contribution is 2.09. The summed E-state index contributed by atoms with van der Waals surface area (Å²) in [5, 5.41) is 0.640. The average molecular weight is 310 g/mol. The van der Waals surface area contributed by atoms with Gasteiger partial charge in [-0.15, -0.1) is 0 Å². The molecule has 0 aliphatic rings. The third-order valence-corrected chi connectivity index (χ3v) is 4.49. The van der Waals surface area contributed by atoms with Gasteiger partial charge < -0.3 is 0 Å². The van der Waals surface area contributed by atoms with Gasteiger partial charge in [-0.3, -0.25) is 0 Å². The quantitative estimate of drug-likeness (QED) is 0.891. The van der Waals surface area contributed by atoms with E-state index in [4.69, 9.17) is 11.6 Å². The first-order chi connectivity index (χ1) is 9.55. The lowest BCUT2D eigenvalue weighted by Gasteiger charge is -2.07. The molecule has 0 aliphatic carbocycles. The van der Waals surface area contributed by atoms with Gasteiger partial charge in [-0.25, -0.2) is 13.1 Å². The van der Waals surface area contributed by atoms with E-state index in [-0.39, 0.29) is 12.3 Å². The fourth-order valence-electron chi connectivity index (χ4n) is 1.76. The van der Waals surface area contributed by atoms with E-state index in [0.29, 0.717) is 11.4 Å². The summed E-state index contributed by atoms with van der Waals surface area (Å²) in [7, 11) is -3.27. The van der Waals surface area contributed by atoms with Crippen LogP contribution in [-0.4, -0.2) is 14.2 Å². The summed E-state index contributed by atoms with van der Waals surface area (Å²) >= 11 is 5.78. The average Bonchev–Trinajstić information content (AvgIpc) is 2.46. The van der Waals surface area contributed by atoms with Crippen LogP contribution in [0.1, 0.15) is 11.1 Å². The van der Waals surface area contributed by atoms with Crippen LogP contribution in [0.2, 0.25) is 5.02 Å². The van der Waals surface area contributed by atoms with Crippen molar-refractivity contribution >= 4 is 21.6 Å². The molecule has 1 N–H and O–H groups in total. The third kappa shape index (κ3) is 4.96. The van der Waals surface area contributed by atoms with Gasteiger partial charge in [-0.05, 0) is 29.7 Å². The van der Waals surface area contributed by atoms with Gasteiger partial charge in [0.1, 0.15) is 0 Å². The van der Waals surface area contributed by atoms with Crippen LogP contribution < -0.4 is 4.72 Å². The molecule has 0 spiro atoms. The second-order valence-corrected chi connectivity index (χ2v) is 6.86. The van der Waals surface area contributed by atoms with Crippen molar-refractivity contribution in [1.29, 1.82) is 0 Å². The van der Waals surface area contributed by atoms with Crippen LogP contribution in [0.25, 0.3) is 0 Å². The van der Waals surface area contributed by atoms with E-state index in [1.807, 2.05) is 42.5 Å². The molecule has 0 unspecified atom stereocenters. The first kappa shape index (κ1) is 15.0. The lowest BCUT2D eigenvalue weighted by molar-refractivity contribution is 0.580. The molecule has 2 aromatic carbocycles. The molecule has 0 aromatic heterocycles. The van der Waals surface area contributed by atoms with Gasteiger partial charge in [-0.2, -0.15) is 0 Å². The molecule has 0 atom stereocenters. The number of nitrogens with one attached hydrogen (secondary N) is 1. The number of rotatable bonds is 6. The Hall–Kier alpha value is -1.36. The number of sulfonamides is 1. The Labute approximate surface area is 124 Å². The van der Waals surface area contributed by atoms with Crippen LogP contribution in [0.4, 0.5) is 0 Å². The maximum atomic E-state index is 11.9. The van der Waals surface area contributed by atoms with Crippen molar-refractivity contribution in [2.45, 2.75) is 13.0 Å². The minimum atomic E-state index is -3.27. The van der Waals surface area contributed by atoms with Gasteiger partial charge in [0.15, 0.2) is 0 Å². The summed E-state index contributed by atoms with van der Waals surface area (Å²) in [4.78, 5) is 0. The van der Waals surface area contributed by atoms with Gasteiger partial charge >= 0.3 is 0 Å². The molecule has 106 valence electrons. The highest BCUT2D eigenvalue weighted by molar-refractivity contribution is 7.89. The Morgan fingerprint density at radius 3 is 2.20 bits per heavy atom. The summed E-state index contributed by atoms with van der Waals surface area (Å²) in [6.45, 7) is 0.286. The summed E-state index contributed by atoms with van der Waals surface area (Å²) in [6, 6.07) is 16.7. The van der Waals surface area contributed by atoms with Gasteiger partial charge in [0.05, 0.1) is 5.75 Å². The highest BCUT2D eigenvalue weighted by atomic mass is 35.5. The third-order valence-electron chi connectivity index (χ3n) is 2.91. The molecule has 2 aromatic rings. The van der Waals surface area contributed by atoms with Crippen molar-refractivity contribution < 1.29 is 8.42 Å². The smallest absolute Gasteiger partial charge is 0.212 e. The maximum absolute atomic E-state index is 11.9. The Kier molecular flexibility index (Phi) is 5.17. The summed E-state index contributed by atoms with van der Waals surface area (Å²) in [5.41, 5.74) is 1.90. The van der Waals surface area contributed by atoms with E-state index >= 15 is 0 Å². The normalized spacial score (nSPS) is 11.4. The monoisotopic (exact) mass is 309 g/mol. The summed E-state index contributed by atoms with van der Waals surface area (Å²) < 4.78 is 26.4. The van der Waals surface area contributed by atoms with Gasteiger partial charge in [-0.1, -0.05) is 54.1 Å². The van der Waals surface area contributed by atoms with Crippen LogP contribution in [0, 0.1) is 0 Å². The molecule has 0 bridgehead atoms. The zero-order chi connectivity index (χ0) is 14.4. The zero-order valence-corrected chi connectivity index (χ0v) is 12.5. The lowest BCUT2D eigenvalue weighted by Crippen LogP contribution is -2.26. The number of halogens is 1. The van der Waals surface area contributed by atoms with E-state index in [1.165, 1.54) is 0 Å². The topological polar surface area (TPSA) is 46.2 Å². The van der Waals surface area contributed by atoms with Crippen molar-refractivity contribution in [3.8, 4) is 0 Å². The molecule has 2 rings (SSSR count). The largest absolute Gasteiger partial charge is 0.212 e. The van der Waals surface area contributed by atoms with Crippen LogP contribution in [0.15, 0.2) is 54.6 Å². The minimum absolute atomic E-state index is 0.0879. The van der Waals surface area contributed by atoms with E-state index < -0.39 is 10.0 Å². The Morgan fingerprint density at radius 2 is 1.55 bits per heavy atom. The van der Waals surface area contributed by atoms with Gasteiger partial charge in [0.25, 0.3) is 0 Å². The van der Waals surface area contributed by atoms with Crippen molar-refractivity contribution in [2.75, 3.05) is 5.75 Å². The molecule has 20 heavy (non-hydrogen) atoms. The number of hydrogen-bond donors (Lipinski definition) is 1. The van der Waals surface area contributed by atoms with E-state index in [2.05, 4.69) is 4.72 Å². The molecule has 3 nitrogen and oxygen atoms in total. The predicted octanol–water partition coefficient (Wildman–Crippen LogP) is 3.00. The van der Waals surface area contributed by atoms with Crippen molar-refractivity contribution in [3.63, 3.8) is 0 Å². The molecular weight excluding hydrogens is 294 g/mol. The highest BCUT2D eigenvalue weighted by Gasteiger charge is 2.10. The summed E-state index contributed by atoms with van der Waals surface area (Å²) in [6.07, 6.45) is 0.511. The summed E-state index contributed by atoms with van der Waals surface area (Å²) in [5.74, 6) is 0.0879. The molecular formula is C15H16ClNO2S. The van der Waals surface area contributed by atoms with Crippen LogP contribution in [-0.2, 0) is 23.0 Å². The minimum Gasteiger partial charge on any atom is -0.212 e. The Balaban J connectivity index is 1.86. The molecule has 0 radical (unpaired) electrons. The fraction of sp³-hybridized carbons (Fsp3) is 0.200. The second-order valence-electron chi connectivity index (χ2n) is 4.50. The van der Waals surface area contributed by atoms with E-state index in [0.717, 1.165) is 11.1 Å². The molecule has 0 fully saturated rings. The van der Waals surface area contributed by atoms with Crippen molar-refractivity contribution in [1.82, 2.24) is 4.72 Å². The molecule has 0 aliphatic heterocycles. The molecule has 5 heteroatoms. The first-order valence-electron chi connectivity index (χ1n) is 6.31. The molecule has 0 saturated carbocycles. The molecule has 0 heterocycles. The lowest BCUT2D eigenvalue weighted by atomic mass is 10.2. The SMILES string of the molecule is O=S(=O)(CCc1ccccc1)NCc1ccc(Cl)cc1. The number of hydrogen-bond acceptors (Lipinski definition) is 2. The van der Waals surface area contributed by atoms with Crippen LogP contribution in [0.3, 0.4) is 0 Å². The van der Waals surface area contributed by atoms with Crippen LogP contribution in [0.5, 0.6) is 0 Å². The van der Waals surface area contributed by atoms with Gasteiger partial charge in [0.2, 0.25) is 10.0 Å². The fourth-order valence-corrected chi connectivity index (χ4v) is 2.93. The first-order valence-corrected chi connectivity index (χ1v) is 8.34. The standard InChI is InChI=1S/C15H16ClNO2S/c16-15-8-6-14(7-9-15)12-17-20(18,19)11-10-13-4-2-1-3-5-13/h1-9,17H,10-12H2. The van der Waals surface area contributed by atoms with Crippen molar-refractivity contribution in [2.24, 2.45) is 0 Å². The van der Waals surface area contributed by atoms with E-state index in [9.17, 15) is 8.42 Å². The second kappa shape index (κ2) is 6.88. The van der Waals surface area contributed by atoms with Crippen LogP contribution >= 0.6 is 11.6 Å². The molecule has 0 amide bonds. The Bertz CT molecular complexity index is 639. The molecule has 0 saturated heterocycles. The number of aryl methyl sites for hydroxylation is 1.